The molecule has 4 atom stereocenters. The summed E-state index contributed by atoms with van der Waals surface area (Å²) in [5, 5.41) is 28.8. The lowest BCUT2D eigenvalue weighted by Gasteiger charge is -2.24. The molecule has 1 aliphatic heterocycles. The van der Waals surface area contributed by atoms with Crippen molar-refractivity contribution < 1.29 is 24.8 Å². The van der Waals surface area contributed by atoms with Crippen LogP contribution < -0.4 is 0 Å². The minimum atomic E-state index is -0.977. The van der Waals surface area contributed by atoms with Crippen molar-refractivity contribution in [1.29, 1.82) is 0 Å². The van der Waals surface area contributed by atoms with Crippen LogP contribution in [0.25, 0.3) is 0 Å². The third kappa shape index (κ3) is 13.1. The number of ether oxygens (including phenoxy) is 2. The molecule has 1 heterocycles. The number of hydrogen-bond donors (Lipinski definition) is 3. The second kappa shape index (κ2) is 19.2. The Labute approximate surface area is 184 Å². The van der Waals surface area contributed by atoms with Crippen LogP contribution in [0.15, 0.2) is 12.2 Å². The van der Waals surface area contributed by atoms with Crippen LogP contribution in [0.1, 0.15) is 103 Å². The summed E-state index contributed by atoms with van der Waals surface area (Å²) in [4.78, 5) is 0. The standard InChI is InChI=1S/C25H48O5/c1-2-3-4-5-6-7-8-9-10-11-12-13-14-15-16-17-18-19-29-23(20-26)25-24(28)22(27)21-30-25/h3-4,22-28H,2,5-21H2,1H3/b4-3+/t22-,23+,24-,25-/m1/s1. The molecule has 0 aromatic rings. The van der Waals surface area contributed by atoms with E-state index in [2.05, 4.69) is 19.1 Å². The second-order valence-electron chi connectivity index (χ2n) is 8.71. The number of aliphatic hydroxyl groups is 3. The Morgan fingerprint density at radius 2 is 1.37 bits per heavy atom. The van der Waals surface area contributed by atoms with Crippen molar-refractivity contribution in [2.75, 3.05) is 19.8 Å². The van der Waals surface area contributed by atoms with Gasteiger partial charge in [-0.1, -0.05) is 89.7 Å². The Morgan fingerprint density at radius 1 is 0.833 bits per heavy atom. The summed E-state index contributed by atoms with van der Waals surface area (Å²) in [6.45, 7) is 2.64. The highest BCUT2D eigenvalue weighted by Crippen LogP contribution is 2.20. The van der Waals surface area contributed by atoms with E-state index in [0.717, 1.165) is 19.3 Å². The van der Waals surface area contributed by atoms with E-state index in [-0.39, 0.29) is 13.2 Å². The highest BCUT2D eigenvalue weighted by atomic mass is 16.6. The van der Waals surface area contributed by atoms with Gasteiger partial charge >= 0.3 is 0 Å². The Kier molecular flexibility index (Phi) is 17.7. The van der Waals surface area contributed by atoms with Crippen molar-refractivity contribution in [3.63, 3.8) is 0 Å². The van der Waals surface area contributed by atoms with E-state index < -0.39 is 24.4 Å². The molecule has 0 radical (unpaired) electrons. The number of aliphatic hydroxyl groups excluding tert-OH is 3. The van der Waals surface area contributed by atoms with Crippen LogP contribution in [0.3, 0.4) is 0 Å². The Bertz CT molecular complexity index is 401. The maximum atomic E-state index is 9.84. The number of hydrogen-bond acceptors (Lipinski definition) is 5. The van der Waals surface area contributed by atoms with Crippen molar-refractivity contribution >= 4 is 0 Å². The summed E-state index contributed by atoms with van der Waals surface area (Å²) in [6.07, 6.45) is 20.9. The Hall–Kier alpha value is -0.460. The van der Waals surface area contributed by atoms with Crippen LogP contribution in [-0.2, 0) is 9.47 Å². The topological polar surface area (TPSA) is 79.2 Å². The van der Waals surface area contributed by atoms with E-state index in [4.69, 9.17) is 9.47 Å². The van der Waals surface area contributed by atoms with Crippen LogP contribution in [-0.4, -0.2) is 59.6 Å². The molecular weight excluding hydrogens is 380 g/mol. The zero-order valence-corrected chi connectivity index (χ0v) is 19.4. The molecule has 0 spiro atoms. The average Bonchev–Trinajstić information content (AvgIpc) is 3.08. The smallest absolute Gasteiger partial charge is 0.114 e. The molecule has 3 N–H and O–H groups in total. The molecule has 1 aliphatic rings. The molecule has 1 rings (SSSR count). The summed E-state index contributed by atoms with van der Waals surface area (Å²) in [5.41, 5.74) is 0. The third-order valence-electron chi connectivity index (χ3n) is 5.99. The molecule has 0 amide bonds. The van der Waals surface area contributed by atoms with Gasteiger partial charge in [0.1, 0.15) is 24.4 Å². The SMILES string of the molecule is CC/C=C/CCCCCCCCCCCCCCCO[C@@H](CO)[C@H]1OC[C@@H](O)[C@H]1O. The highest BCUT2D eigenvalue weighted by Gasteiger charge is 2.40. The molecule has 5 nitrogen and oxygen atoms in total. The summed E-state index contributed by atoms with van der Waals surface area (Å²) < 4.78 is 11.0. The summed E-state index contributed by atoms with van der Waals surface area (Å²) >= 11 is 0. The van der Waals surface area contributed by atoms with E-state index in [0.29, 0.717) is 6.61 Å². The maximum absolute atomic E-state index is 9.84. The van der Waals surface area contributed by atoms with E-state index in [1.165, 1.54) is 77.0 Å². The van der Waals surface area contributed by atoms with Crippen molar-refractivity contribution in [3.8, 4) is 0 Å². The van der Waals surface area contributed by atoms with Gasteiger partial charge in [-0.15, -0.1) is 0 Å². The largest absolute Gasteiger partial charge is 0.394 e. The van der Waals surface area contributed by atoms with Gasteiger partial charge in [0, 0.05) is 6.61 Å². The lowest BCUT2D eigenvalue weighted by atomic mass is 10.0. The fraction of sp³-hybridized carbons (Fsp3) is 0.920. The zero-order valence-electron chi connectivity index (χ0n) is 19.4. The van der Waals surface area contributed by atoms with E-state index in [9.17, 15) is 15.3 Å². The van der Waals surface area contributed by atoms with Crippen LogP contribution in [0.5, 0.6) is 0 Å². The molecule has 0 saturated carbocycles. The Morgan fingerprint density at radius 3 is 1.83 bits per heavy atom. The van der Waals surface area contributed by atoms with Crippen molar-refractivity contribution in [3.05, 3.63) is 12.2 Å². The third-order valence-corrected chi connectivity index (χ3v) is 5.99. The quantitative estimate of drug-likeness (QED) is 0.190. The van der Waals surface area contributed by atoms with Gasteiger partial charge in [0.2, 0.25) is 0 Å². The van der Waals surface area contributed by atoms with Crippen LogP contribution in [0.2, 0.25) is 0 Å². The Balaban J connectivity index is 1.81. The van der Waals surface area contributed by atoms with Crippen molar-refractivity contribution in [2.24, 2.45) is 0 Å². The van der Waals surface area contributed by atoms with Gasteiger partial charge < -0.3 is 24.8 Å². The number of allylic oxidation sites excluding steroid dienone is 2. The fourth-order valence-corrected chi connectivity index (χ4v) is 4.03. The molecule has 5 heteroatoms. The van der Waals surface area contributed by atoms with Crippen molar-refractivity contribution in [1.82, 2.24) is 0 Å². The van der Waals surface area contributed by atoms with Gasteiger partial charge in [0.05, 0.1) is 13.2 Å². The lowest BCUT2D eigenvalue weighted by molar-refractivity contribution is -0.101. The normalized spacial score (nSPS) is 22.9. The average molecular weight is 429 g/mol. The first-order valence-corrected chi connectivity index (χ1v) is 12.6. The van der Waals surface area contributed by atoms with Gasteiger partial charge in [-0.25, -0.2) is 0 Å². The van der Waals surface area contributed by atoms with E-state index in [1.807, 2.05) is 0 Å². The first kappa shape index (κ1) is 27.6. The van der Waals surface area contributed by atoms with Gasteiger partial charge in [-0.3, -0.25) is 0 Å². The second-order valence-corrected chi connectivity index (χ2v) is 8.71. The monoisotopic (exact) mass is 428 g/mol. The molecule has 178 valence electrons. The first-order valence-electron chi connectivity index (χ1n) is 12.6. The minimum Gasteiger partial charge on any atom is -0.394 e. The zero-order chi connectivity index (χ0) is 21.9. The van der Waals surface area contributed by atoms with E-state index >= 15 is 0 Å². The molecule has 30 heavy (non-hydrogen) atoms. The van der Waals surface area contributed by atoms with E-state index in [1.54, 1.807) is 0 Å². The molecule has 1 fully saturated rings. The van der Waals surface area contributed by atoms with Crippen LogP contribution in [0.4, 0.5) is 0 Å². The molecule has 0 unspecified atom stereocenters. The molecular formula is C25H48O5. The summed E-state index contributed by atoms with van der Waals surface area (Å²) in [5.74, 6) is 0. The lowest BCUT2D eigenvalue weighted by Crippen LogP contribution is -2.42. The number of unbranched alkanes of at least 4 members (excludes halogenated alkanes) is 13. The van der Waals surface area contributed by atoms with Crippen molar-refractivity contribution in [2.45, 2.75) is 128 Å². The van der Waals surface area contributed by atoms with Gasteiger partial charge in [-0.2, -0.15) is 0 Å². The van der Waals surface area contributed by atoms with Gasteiger partial charge in [0.25, 0.3) is 0 Å². The molecule has 1 saturated heterocycles. The molecule has 0 bridgehead atoms. The van der Waals surface area contributed by atoms with Gasteiger partial charge in [-0.05, 0) is 25.7 Å². The highest BCUT2D eigenvalue weighted by molar-refractivity contribution is 4.88. The first-order chi connectivity index (χ1) is 14.7. The predicted molar refractivity (Wildman–Crippen MR) is 123 cm³/mol. The summed E-state index contributed by atoms with van der Waals surface area (Å²) in [6, 6.07) is 0. The van der Waals surface area contributed by atoms with Gasteiger partial charge in [0.15, 0.2) is 0 Å². The molecule has 0 aliphatic carbocycles. The maximum Gasteiger partial charge on any atom is 0.114 e. The number of rotatable bonds is 20. The van der Waals surface area contributed by atoms with Crippen LogP contribution >= 0.6 is 0 Å². The molecule has 0 aromatic carbocycles. The predicted octanol–water partition coefficient (Wildman–Crippen LogP) is 4.91. The fourth-order valence-electron chi connectivity index (χ4n) is 4.03. The molecule has 0 aromatic heterocycles. The van der Waals surface area contributed by atoms with Crippen LogP contribution in [0, 0.1) is 0 Å². The summed E-state index contributed by atoms with van der Waals surface area (Å²) in [7, 11) is 0. The minimum absolute atomic E-state index is 0.0998.